The van der Waals surface area contributed by atoms with Crippen molar-refractivity contribution >= 4 is 11.7 Å². The second-order valence-electron chi connectivity index (χ2n) is 4.82. The van der Waals surface area contributed by atoms with Crippen LogP contribution in [0.3, 0.4) is 0 Å². The van der Waals surface area contributed by atoms with E-state index in [1.807, 2.05) is 13.0 Å². The van der Waals surface area contributed by atoms with E-state index in [1.165, 1.54) is 0 Å². The lowest BCUT2D eigenvalue weighted by atomic mass is 10.1. The van der Waals surface area contributed by atoms with Crippen molar-refractivity contribution in [3.8, 4) is 0 Å². The maximum absolute atomic E-state index is 11.6. The number of pyridine rings is 1. The highest BCUT2D eigenvalue weighted by Gasteiger charge is 2.12. The molecule has 20 heavy (non-hydrogen) atoms. The van der Waals surface area contributed by atoms with Crippen LogP contribution >= 0.6 is 0 Å². The summed E-state index contributed by atoms with van der Waals surface area (Å²) in [6, 6.07) is 3.61. The van der Waals surface area contributed by atoms with Crippen LogP contribution in [0.1, 0.15) is 17.3 Å². The Kier molecular flexibility index (Phi) is 5.76. The topological polar surface area (TPSA) is 75.3 Å². The van der Waals surface area contributed by atoms with E-state index in [9.17, 15) is 4.79 Å². The Morgan fingerprint density at radius 2 is 2.45 bits per heavy atom. The highest BCUT2D eigenvalue weighted by Crippen LogP contribution is 2.07. The highest BCUT2D eigenvalue weighted by atomic mass is 16.5. The molecule has 0 saturated carbocycles. The number of anilines is 1. The predicted molar refractivity (Wildman–Crippen MR) is 77.9 cm³/mol. The van der Waals surface area contributed by atoms with Gasteiger partial charge in [-0.15, -0.1) is 0 Å². The Bertz CT molecular complexity index is 414. The fraction of sp³-hybridized carbons (Fsp3) is 0.571. The van der Waals surface area contributed by atoms with Crippen LogP contribution in [0.15, 0.2) is 18.3 Å². The van der Waals surface area contributed by atoms with E-state index in [2.05, 4.69) is 20.9 Å². The minimum Gasteiger partial charge on any atom is -0.380 e. The normalized spacial score (nSPS) is 19.1. The first-order valence-corrected chi connectivity index (χ1v) is 7.06. The third kappa shape index (κ3) is 4.47. The van der Waals surface area contributed by atoms with E-state index in [0.717, 1.165) is 38.7 Å². The summed E-state index contributed by atoms with van der Waals surface area (Å²) in [4.78, 5) is 15.9. The zero-order valence-corrected chi connectivity index (χ0v) is 11.8. The van der Waals surface area contributed by atoms with Crippen LogP contribution in [0, 0.1) is 5.92 Å². The summed E-state index contributed by atoms with van der Waals surface area (Å²) in [6.45, 7) is 6.71. The number of carbonyl (C=O) groups excluding carboxylic acids is 1. The molecule has 0 aliphatic carbocycles. The third-order valence-corrected chi connectivity index (χ3v) is 3.14. The number of rotatable bonds is 5. The van der Waals surface area contributed by atoms with Crippen LogP contribution in [0.5, 0.6) is 0 Å². The van der Waals surface area contributed by atoms with Gasteiger partial charge in [0, 0.05) is 38.3 Å². The molecule has 1 saturated heterocycles. The first-order chi connectivity index (χ1) is 9.79. The summed E-state index contributed by atoms with van der Waals surface area (Å²) in [6.07, 6.45) is 1.59. The van der Waals surface area contributed by atoms with Crippen LogP contribution < -0.4 is 16.0 Å². The second-order valence-corrected chi connectivity index (χ2v) is 4.82. The van der Waals surface area contributed by atoms with Gasteiger partial charge in [0.05, 0.1) is 18.8 Å². The summed E-state index contributed by atoms with van der Waals surface area (Å²) in [5, 5.41) is 9.36. The van der Waals surface area contributed by atoms with Crippen molar-refractivity contribution < 1.29 is 9.53 Å². The van der Waals surface area contributed by atoms with Gasteiger partial charge >= 0.3 is 0 Å². The molecular weight excluding hydrogens is 256 g/mol. The van der Waals surface area contributed by atoms with Gasteiger partial charge in [0.25, 0.3) is 5.91 Å². The molecular formula is C14H22N4O2. The maximum Gasteiger partial charge on any atom is 0.252 e. The molecule has 0 aromatic carbocycles. The van der Waals surface area contributed by atoms with E-state index >= 15 is 0 Å². The van der Waals surface area contributed by atoms with Crippen molar-refractivity contribution in [1.29, 1.82) is 0 Å². The molecule has 1 aliphatic heterocycles. The lowest BCUT2D eigenvalue weighted by Crippen LogP contribution is -2.28. The smallest absolute Gasteiger partial charge is 0.252 e. The number of carbonyl (C=O) groups is 1. The molecule has 1 aromatic heterocycles. The largest absolute Gasteiger partial charge is 0.380 e. The Hall–Kier alpha value is -1.66. The average Bonchev–Trinajstić information content (AvgIpc) is 2.74. The number of hydrogen-bond donors (Lipinski definition) is 3. The van der Waals surface area contributed by atoms with Gasteiger partial charge in [-0.3, -0.25) is 4.79 Å². The molecule has 0 unspecified atom stereocenters. The number of nitrogens with zero attached hydrogens (tertiary/aromatic N) is 1. The molecule has 6 heteroatoms. The van der Waals surface area contributed by atoms with Crippen molar-refractivity contribution in [2.24, 2.45) is 5.92 Å². The van der Waals surface area contributed by atoms with Gasteiger partial charge in [0.1, 0.15) is 5.82 Å². The molecule has 2 heterocycles. The van der Waals surface area contributed by atoms with Crippen molar-refractivity contribution in [3.63, 3.8) is 0 Å². The highest BCUT2D eigenvalue weighted by molar-refractivity contribution is 5.93. The molecule has 1 amide bonds. The number of amides is 1. The molecule has 0 spiro atoms. The number of aromatic nitrogens is 1. The van der Waals surface area contributed by atoms with Gasteiger partial charge in [-0.2, -0.15) is 0 Å². The molecule has 0 radical (unpaired) electrons. The first kappa shape index (κ1) is 14.7. The number of nitrogens with one attached hydrogen (secondary N) is 3. The SMILES string of the molecule is CCNC(=O)c1ccc(NC[C@H]2CNCCOC2)nc1. The maximum atomic E-state index is 11.6. The quantitative estimate of drug-likeness (QED) is 0.730. The Balaban J connectivity index is 1.82. The Morgan fingerprint density at radius 1 is 1.55 bits per heavy atom. The van der Waals surface area contributed by atoms with Crippen molar-refractivity contribution in [3.05, 3.63) is 23.9 Å². The third-order valence-electron chi connectivity index (χ3n) is 3.14. The fourth-order valence-electron chi connectivity index (χ4n) is 2.03. The van der Waals surface area contributed by atoms with Gasteiger partial charge in [0.2, 0.25) is 0 Å². The van der Waals surface area contributed by atoms with E-state index < -0.39 is 0 Å². The summed E-state index contributed by atoms with van der Waals surface area (Å²) < 4.78 is 5.50. The molecule has 2 rings (SSSR count). The fourth-order valence-corrected chi connectivity index (χ4v) is 2.03. The van der Waals surface area contributed by atoms with E-state index in [-0.39, 0.29) is 5.91 Å². The second kappa shape index (κ2) is 7.81. The minimum absolute atomic E-state index is 0.0899. The number of ether oxygens (including phenoxy) is 1. The lowest BCUT2D eigenvalue weighted by molar-refractivity contribution is 0.0955. The molecule has 6 nitrogen and oxygen atoms in total. The molecule has 1 aromatic rings. The van der Waals surface area contributed by atoms with Crippen LogP contribution in [0.25, 0.3) is 0 Å². The van der Waals surface area contributed by atoms with Crippen LogP contribution in [0.4, 0.5) is 5.82 Å². The summed E-state index contributed by atoms with van der Waals surface area (Å²) in [7, 11) is 0. The van der Waals surface area contributed by atoms with Gasteiger partial charge in [0.15, 0.2) is 0 Å². The zero-order valence-electron chi connectivity index (χ0n) is 11.8. The van der Waals surface area contributed by atoms with E-state index in [0.29, 0.717) is 18.0 Å². The zero-order chi connectivity index (χ0) is 14.2. The Morgan fingerprint density at radius 3 is 3.20 bits per heavy atom. The van der Waals surface area contributed by atoms with Gasteiger partial charge in [-0.1, -0.05) is 0 Å². The molecule has 3 N–H and O–H groups in total. The van der Waals surface area contributed by atoms with E-state index in [4.69, 9.17) is 4.74 Å². The summed E-state index contributed by atoms with van der Waals surface area (Å²) in [5.41, 5.74) is 0.580. The predicted octanol–water partition coefficient (Wildman–Crippen LogP) is 0.479. The molecule has 0 bridgehead atoms. The molecule has 1 fully saturated rings. The molecule has 1 aliphatic rings. The summed E-state index contributed by atoms with van der Waals surface area (Å²) >= 11 is 0. The monoisotopic (exact) mass is 278 g/mol. The Labute approximate surface area is 119 Å². The average molecular weight is 278 g/mol. The van der Waals surface area contributed by atoms with E-state index in [1.54, 1.807) is 12.3 Å². The van der Waals surface area contributed by atoms with Crippen molar-refractivity contribution in [2.75, 3.05) is 44.7 Å². The van der Waals surface area contributed by atoms with Crippen LogP contribution in [0.2, 0.25) is 0 Å². The summed E-state index contributed by atoms with van der Waals surface area (Å²) in [5.74, 6) is 1.12. The van der Waals surface area contributed by atoms with Gasteiger partial charge in [-0.25, -0.2) is 4.98 Å². The van der Waals surface area contributed by atoms with Gasteiger partial charge < -0.3 is 20.7 Å². The first-order valence-electron chi connectivity index (χ1n) is 7.06. The standard InChI is InChI=1S/C14H22N4O2/c1-2-16-14(19)12-3-4-13(18-9-12)17-8-11-7-15-5-6-20-10-11/h3-4,9,11,15H,2,5-8,10H2,1H3,(H,16,19)(H,17,18)/t11-/m1/s1. The molecule has 1 atom stereocenters. The van der Waals surface area contributed by atoms with Gasteiger partial charge in [-0.05, 0) is 19.1 Å². The van der Waals surface area contributed by atoms with Crippen LogP contribution in [-0.2, 0) is 4.74 Å². The van der Waals surface area contributed by atoms with Crippen LogP contribution in [-0.4, -0.2) is 50.3 Å². The number of hydrogen-bond acceptors (Lipinski definition) is 5. The van der Waals surface area contributed by atoms with Crippen molar-refractivity contribution in [1.82, 2.24) is 15.6 Å². The molecule has 110 valence electrons. The lowest BCUT2D eigenvalue weighted by Gasteiger charge is -2.15. The van der Waals surface area contributed by atoms with Crippen molar-refractivity contribution in [2.45, 2.75) is 6.92 Å². The minimum atomic E-state index is -0.0899.